The Morgan fingerprint density at radius 3 is 1.68 bits per heavy atom. The molecule has 1 N–H and O–H groups in total. The summed E-state index contributed by atoms with van der Waals surface area (Å²) in [7, 11) is 2.64. The Labute approximate surface area is 249 Å². The van der Waals surface area contributed by atoms with Crippen LogP contribution in [-0.2, 0) is 23.9 Å². The van der Waals surface area contributed by atoms with Crippen molar-refractivity contribution in [2.75, 3.05) is 14.2 Å². The third-order valence-corrected chi connectivity index (χ3v) is 8.93. The summed E-state index contributed by atoms with van der Waals surface area (Å²) in [6, 6.07) is 0. The van der Waals surface area contributed by atoms with Gasteiger partial charge in [-0.1, -0.05) is 73.3 Å². The number of esters is 2. The second-order valence-electron chi connectivity index (χ2n) is 13.2. The van der Waals surface area contributed by atoms with Crippen LogP contribution < -0.4 is 0 Å². The second kappa shape index (κ2) is 16.7. The maximum Gasteiger partial charge on any atom is 0.323 e. The normalized spacial score (nSPS) is 19.7. The summed E-state index contributed by atoms with van der Waals surface area (Å²) in [5.41, 5.74) is 8.93. The Morgan fingerprint density at radius 1 is 0.829 bits per heavy atom. The molecule has 0 amide bonds. The van der Waals surface area contributed by atoms with Crippen molar-refractivity contribution in [2.24, 2.45) is 16.7 Å². The lowest BCUT2D eigenvalue weighted by Gasteiger charge is -2.35. The van der Waals surface area contributed by atoms with E-state index in [0.717, 1.165) is 37.7 Å². The van der Waals surface area contributed by atoms with Gasteiger partial charge in [-0.3, -0.25) is 14.4 Å². The van der Waals surface area contributed by atoms with Gasteiger partial charge in [0.2, 0.25) is 0 Å². The van der Waals surface area contributed by atoms with Crippen molar-refractivity contribution >= 4 is 17.9 Å². The van der Waals surface area contributed by atoms with Crippen LogP contribution in [0, 0.1) is 16.7 Å². The molecule has 0 radical (unpaired) electrons. The molecule has 0 fully saturated rings. The highest BCUT2D eigenvalue weighted by molar-refractivity contribution is 5.96. The molecule has 232 valence electrons. The van der Waals surface area contributed by atoms with Crippen LogP contribution in [0.5, 0.6) is 0 Å². The topological polar surface area (TPSA) is 89.9 Å². The van der Waals surface area contributed by atoms with Gasteiger partial charge < -0.3 is 14.6 Å². The standard InChI is InChI=1S/C18H28O4.C17H28O2/c1-12(11-14(16(19)20)17(21)22-5)8-9-15-13(2)7-6-10-18(15,3)4;1-13(9-11-16(18)19-5)8-10-15-14(2)7-6-12-17(15,3)4/h11,14H,6-10H2,1-5H3,(H,19,20);9H,6-8,10-12H2,1-5H3/b12-11+;13-9+. The number of methoxy groups -OCH3 is 2. The van der Waals surface area contributed by atoms with Gasteiger partial charge in [0, 0.05) is 0 Å². The van der Waals surface area contributed by atoms with Crippen LogP contribution in [0.15, 0.2) is 45.6 Å². The van der Waals surface area contributed by atoms with Gasteiger partial charge in [-0.25, -0.2) is 0 Å². The highest BCUT2D eigenvalue weighted by Crippen LogP contribution is 2.43. The van der Waals surface area contributed by atoms with Crippen molar-refractivity contribution in [1.82, 2.24) is 0 Å². The summed E-state index contributed by atoms with van der Waals surface area (Å²) < 4.78 is 9.20. The minimum Gasteiger partial charge on any atom is -0.480 e. The van der Waals surface area contributed by atoms with E-state index in [1.807, 2.05) is 13.0 Å². The number of allylic oxidation sites excluding steroid dienone is 6. The lowest BCUT2D eigenvalue weighted by atomic mass is 9.71. The fourth-order valence-corrected chi connectivity index (χ4v) is 6.28. The average molecular weight is 573 g/mol. The fraction of sp³-hybridized carbons (Fsp3) is 0.686. The number of carboxylic acids is 1. The Balaban J connectivity index is 0.000000414. The highest BCUT2D eigenvalue weighted by Gasteiger charge is 2.29. The summed E-state index contributed by atoms with van der Waals surface area (Å²) in [6.45, 7) is 17.7. The quantitative estimate of drug-likeness (QED) is 0.151. The Hall–Kier alpha value is -2.63. The van der Waals surface area contributed by atoms with E-state index in [4.69, 9.17) is 5.11 Å². The molecule has 0 aromatic carbocycles. The molecule has 0 aromatic rings. The van der Waals surface area contributed by atoms with Gasteiger partial charge in [-0.15, -0.1) is 0 Å². The van der Waals surface area contributed by atoms with E-state index in [-0.39, 0.29) is 11.4 Å². The van der Waals surface area contributed by atoms with Crippen molar-refractivity contribution in [1.29, 1.82) is 0 Å². The number of rotatable bonds is 11. The van der Waals surface area contributed by atoms with E-state index in [0.29, 0.717) is 11.8 Å². The molecule has 0 aromatic heterocycles. The summed E-state index contributed by atoms with van der Waals surface area (Å²) >= 11 is 0. The molecule has 0 bridgehead atoms. The van der Waals surface area contributed by atoms with E-state index in [1.165, 1.54) is 69.1 Å². The number of aliphatic carboxylic acids is 1. The molecule has 2 aliphatic rings. The molecule has 0 aliphatic heterocycles. The van der Waals surface area contributed by atoms with E-state index in [2.05, 4.69) is 57.9 Å². The molecular formula is C35H56O6. The van der Waals surface area contributed by atoms with Gasteiger partial charge in [0.15, 0.2) is 5.92 Å². The van der Waals surface area contributed by atoms with Crippen molar-refractivity contribution < 1.29 is 29.0 Å². The average Bonchev–Trinajstić information content (AvgIpc) is 2.88. The first-order valence-electron chi connectivity index (χ1n) is 15.1. The minimum absolute atomic E-state index is 0.159. The van der Waals surface area contributed by atoms with Crippen LogP contribution in [0.25, 0.3) is 0 Å². The summed E-state index contributed by atoms with van der Waals surface area (Å²) in [4.78, 5) is 33.7. The zero-order chi connectivity index (χ0) is 31.4. The SMILES string of the molecule is COC(=O)C(/C=C(\C)CCC1=C(C)CCCC1(C)C)C(=O)O.COC(=O)C/C=C(\C)CCC1=C(C)CCCC1(C)C. The number of hydrogen-bond donors (Lipinski definition) is 1. The van der Waals surface area contributed by atoms with Crippen LogP contribution in [-0.4, -0.2) is 37.2 Å². The fourth-order valence-electron chi connectivity index (χ4n) is 6.28. The molecule has 0 saturated heterocycles. The van der Waals surface area contributed by atoms with Gasteiger partial charge in [0.25, 0.3) is 0 Å². The van der Waals surface area contributed by atoms with E-state index >= 15 is 0 Å². The molecular weight excluding hydrogens is 516 g/mol. The zero-order valence-electron chi connectivity index (χ0n) is 27.5. The highest BCUT2D eigenvalue weighted by atomic mass is 16.5. The zero-order valence-corrected chi connectivity index (χ0v) is 27.5. The molecule has 1 unspecified atom stereocenters. The van der Waals surface area contributed by atoms with Gasteiger partial charge in [-0.05, 0) is 103 Å². The predicted octanol–water partition coefficient (Wildman–Crippen LogP) is 8.92. The van der Waals surface area contributed by atoms with E-state index in [9.17, 15) is 14.4 Å². The van der Waals surface area contributed by atoms with Crippen molar-refractivity contribution in [3.63, 3.8) is 0 Å². The van der Waals surface area contributed by atoms with Crippen LogP contribution in [0.2, 0.25) is 0 Å². The van der Waals surface area contributed by atoms with Crippen molar-refractivity contribution in [3.8, 4) is 0 Å². The number of carbonyl (C=O) groups excluding carboxylic acids is 2. The smallest absolute Gasteiger partial charge is 0.323 e. The molecule has 0 heterocycles. The third kappa shape index (κ3) is 12.0. The third-order valence-electron chi connectivity index (χ3n) is 8.93. The lowest BCUT2D eigenvalue weighted by Crippen LogP contribution is -2.23. The molecule has 2 rings (SSSR count). The monoisotopic (exact) mass is 572 g/mol. The molecule has 6 nitrogen and oxygen atoms in total. The summed E-state index contributed by atoms with van der Waals surface area (Å²) in [5, 5.41) is 9.11. The molecule has 0 spiro atoms. The van der Waals surface area contributed by atoms with Crippen LogP contribution in [0.1, 0.15) is 126 Å². The van der Waals surface area contributed by atoms with Gasteiger partial charge in [-0.2, -0.15) is 0 Å². The first-order chi connectivity index (χ1) is 19.0. The first kappa shape index (κ1) is 36.4. The van der Waals surface area contributed by atoms with E-state index < -0.39 is 17.9 Å². The summed E-state index contributed by atoms with van der Waals surface area (Å²) in [6.07, 6.45) is 15.2. The van der Waals surface area contributed by atoms with Crippen molar-refractivity contribution in [2.45, 2.75) is 126 Å². The van der Waals surface area contributed by atoms with Gasteiger partial charge in [0.05, 0.1) is 20.6 Å². The molecule has 6 heteroatoms. The molecule has 2 aliphatic carbocycles. The minimum atomic E-state index is -1.21. The van der Waals surface area contributed by atoms with Crippen LogP contribution >= 0.6 is 0 Å². The summed E-state index contributed by atoms with van der Waals surface area (Å²) in [5.74, 6) is -3.26. The number of hydrogen-bond acceptors (Lipinski definition) is 5. The lowest BCUT2D eigenvalue weighted by molar-refractivity contribution is -0.154. The first-order valence-corrected chi connectivity index (χ1v) is 15.1. The molecule has 41 heavy (non-hydrogen) atoms. The predicted molar refractivity (Wildman–Crippen MR) is 166 cm³/mol. The maximum absolute atomic E-state index is 11.5. The van der Waals surface area contributed by atoms with Crippen LogP contribution in [0.3, 0.4) is 0 Å². The van der Waals surface area contributed by atoms with Gasteiger partial charge >= 0.3 is 17.9 Å². The Bertz CT molecular complexity index is 1050. The Morgan fingerprint density at radius 2 is 1.29 bits per heavy atom. The number of carboxylic acid groups (broad SMARTS) is 1. The molecule has 1 atom stereocenters. The molecule has 0 saturated carbocycles. The maximum atomic E-state index is 11.5. The number of carbonyl (C=O) groups is 3. The van der Waals surface area contributed by atoms with Gasteiger partial charge in [0.1, 0.15) is 0 Å². The van der Waals surface area contributed by atoms with Crippen molar-refractivity contribution in [3.05, 3.63) is 45.6 Å². The van der Waals surface area contributed by atoms with E-state index in [1.54, 1.807) is 11.1 Å². The van der Waals surface area contributed by atoms with Crippen LogP contribution in [0.4, 0.5) is 0 Å². The second-order valence-corrected chi connectivity index (χ2v) is 13.2. The largest absolute Gasteiger partial charge is 0.480 e. The number of ether oxygens (including phenoxy) is 2. The Kier molecular flexibility index (Phi) is 14.8.